The predicted octanol–water partition coefficient (Wildman–Crippen LogP) is -0.764. The van der Waals surface area contributed by atoms with Crippen molar-refractivity contribution in [3.05, 3.63) is 77.2 Å². The summed E-state index contributed by atoms with van der Waals surface area (Å²) in [4.78, 5) is 20.8. The smallest absolute Gasteiger partial charge is 0.377 e. The van der Waals surface area contributed by atoms with E-state index in [1.54, 1.807) is 12.1 Å². The molecule has 206 valence electrons. The number of aromatic carboxylic acids is 1. The molecule has 13 nitrogen and oxygen atoms in total. The van der Waals surface area contributed by atoms with Gasteiger partial charge < -0.3 is 55.8 Å². The van der Waals surface area contributed by atoms with Crippen LogP contribution in [0.5, 0.6) is 5.75 Å². The Bertz CT molecular complexity index is 958. The molecule has 37 heavy (non-hydrogen) atoms. The van der Waals surface area contributed by atoms with Crippen molar-refractivity contribution in [2.24, 2.45) is 0 Å². The minimum atomic E-state index is -1.42. The molecule has 2 aromatic rings. The third-order valence-corrected chi connectivity index (χ3v) is 4.28. The van der Waals surface area contributed by atoms with Gasteiger partial charge in [-0.3, -0.25) is 0 Å². The van der Waals surface area contributed by atoms with E-state index in [1.165, 1.54) is 17.7 Å². The van der Waals surface area contributed by atoms with Crippen LogP contribution in [0.15, 0.2) is 66.1 Å². The molecule has 1 aliphatic rings. The summed E-state index contributed by atoms with van der Waals surface area (Å²) in [5.74, 6) is -4.09. The number of carbonyl (C=O) groups excluding carboxylic acids is 1. The number of benzene rings is 2. The molecule has 1 aliphatic heterocycles. The number of phenols is 1. The molecule has 0 saturated heterocycles. The maximum Gasteiger partial charge on any atom is 0.377 e. The highest BCUT2D eigenvalue weighted by Gasteiger charge is 2.38. The van der Waals surface area contributed by atoms with E-state index in [-0.39, 0.29) is 31.1 Å². The summed E-state index contributed by atoms with van der Waals surface area (Å²) in [6.45, 7) is -1.16. The number of hydrogen-bond donors (Lipinski definition) is 10. The molecule has 0 aromatic heterocycles. The van der Waals surface area contributed by atoms with Gasteiger partial charge in [-0.05, 0) is 24.1 Å². The highest BCUT2D eigenvalue weighted by molar-refractivity contribution is 5.90. The fourth-order valence-corrected chi connectivity index (χ4v) is 2.31. The molecular formula is C24H32O13. The van der Waals surface area contributed by atoms with Crippen molar-refractivity contribution in [2.45, 2.75) is 24.7 Å². The summed E-state index contributed by atoms with van der Waals surface area (Å²) in [5.41, 5.74) is 1.13. The van der Waals surface area contributed by atoms with Crippen LogP contribution in [-0.4, -0.2) is 108 Å². The SMILES string of the molecule is O=C(O)c1ccccc1O.O=C1O[C@H](C(O)CO)C(O)=C1O.OCC(O)CO.OCCc1ccccc1. The van der Waals surface area contributed by atoms with Crippen molar-refractivity contribution in [1.82, 2.24) is 0 Å². The van der Waals surface area contributed by atoms with E-state index in [2.05, 4.69) is 4.74 Å². The van der Waals surface area contributed by atoms with Crippen molar-refractivity contribution < 1.29 is 65.4 Å². The summed E-state index contributed by atoms with van der Waals surface area (Å²) in [6.07, 6.45) is -2.97. The molecule has 0 radical (unpaired) electrons. The van der Waals surface area contributed by atoms with E-state index in [4.69, 9.17) is 51.1 Å². The maximum absolute atomic E-state index is 10.5. The number of aromatic hydroxyl groups is 1. The molecule has 2 aromatic carbocycles. The number of aliphatic hydroxyl groups excluding tert-OH is 8. The standard InChI is InChI=1S/C8H10O.C7H6O3.C6H8O6.C3H8O3/c9-7-6-8-4-2-1-3-5-8;8-6-4-2-1-3-5(6)7(9)10;7-1-2(8)5-3(9)4(10)6(11)12-5;4-1-3(6)2-5/h1-5,9H,6-7H2;1-4,8H,(H,9,10);2,5,7-10H,1H2;3-6H,1-2H2/t;;2?,5-;/m..1./s1. The molecule has 0 fully saturated rings. The van der Waals surface area contributed by atoms with Crippen LogP contribution in [0, 0.1) is 0 Å². The second-order valence-electron chi connectivity index (χ2n) is 7.11. The van der Waals surface area contributed by atoms with Crippen molar-refractivity contribution in [3.63, 3.8) is 0 Å². The first-order valence-electron chi connectivity index (χ1n) is 10.7. The summed E-state index contributed by atoms with van der Waals surface area (Å²) in [5, 5.41) is 84.9. The Morgan fingerprint density at radius 1 is 0.838 bits per heavy atom. The number of para-hydroxylation sites is 1. The van der Waals surface area contributed by atoms with Crippen molar-refractivity contribution in [2.75, 3.05) is 26.4 Å². The zero-order valence-corrected chi connectivity index (χ0v) is 19.7. The number of esters is 1. The summed E-state index contributed by atoms with van der Waals surface area (Å²) in [7, 11) is 0. The van der Waals surface area contributed by atoms with Crippen LogP contribution in [0.25, 0.3) is 0 Å². The second-order valence-corrected chi connectivity index (χ2v) is 7.11. The molecule has 2 atom stereocenters. The predicted molar refractivity (Wildman–Crippen MR) is 128 cm³/mol. The molecule has 0 amide bonds. The van der Waals surface area contributed by atoms with Crippen LogP contribution in [0.3, 0.4) is 0 Å². The Balaban J connectivity index is 0.000000480. The fourth-order valence-electron chi connectivity index (χ4n) is 2.31. The zero-order chi connectivity index (χ0) is 28.4. The summed E-state index contributed by atoms with van der Waals surface area (Å²) in [6, 6.07) is 15.8. The first-order chi connectivity index (χ1) is 17.5. The van der Waals surface area contributed by atoms with Gasteiger partial charge in [0.2, 0.25) is 5.76 Å². The van der Waals surface area contributed by atoms with Crippen LogP contribution in [0.1, 0.15) is 15.9 Å². The van der Waals surface area contributed by atoms with E-state index in [9.17, 15) is 9.59 Å². The minimum Gasteiger partial charge on any atom is -0.507 e. The lowest BCUT2D eigenvalue weighted by Crippen LogP contribution is -2.31. The van der Waals surface area contributed by atoms with Crippen LogP contribution >= 0.6 is 0 Å². The molecule has 0 spiro atoms. The van der Waals surface area contributed by atoms with Crippen molar-refractivity contribution in [1.29, 1.82) is 0 Å². The summed E-state index contributed by atoms with van der Waals surface area (Å²) < 4.78 is 4.32. The van der Waals surface area contributed by atoms with Gasteiger partial charge in [0.25, 0.3) is 0 Å². The lowest BCUT2D eigenvalue weighted by molar-refractivity contribution is -0.147. The lowest BCUT2D eigenvalue weighted by atomic mass is 10.2. The fraction of sp³-hybridized carbons (Fsp3) is 0.333. The van der Waals surface area contributed by atoms with Gasteiger partial charge in [-0.25, -0.2) is 9.59 Å². The average molecular weight is 529 g/mol. The molecule has 1 heterocycles. The zero-order valence-electron chi connectivity index (χ0n) is 19.7. The topological polar surface area (TPSA) is 246 Å². The number of hydrogen-bond acceptors (Lipinski definition) is 12. The van der Waals surface area contributed by atoms with Crippen LogP contribution in [-0.2, 0) is 16.0 Å². The maximum atomic E-state index is 10.5. The van der Waals surface area contributed by atoms with E-state index < -0.39 is 48.4 Å². The first-order valence-corrected chi connectivity index (χ1v) is 10.7. The number of carboxylic acid groups (broad SMARTS) is 1. The molecule has 13 heteroatoms. The third-order valence-electron chi connectivity index (χ3n) is 4.28. The number of carbonyl (C=O) groups is 2. The van der Waals surface area contributed by atoms with Gasteiger partial charge in [0.1, 0.15) is 23.5 Å². The van der Waals surface area contributed by atoms with E-state index in [0.717, 1.165) is 6.42 Å². The Morgan fingerprint density at radius 3 is 1.73 bits per heavy atom. The molecule has 1 unspecified atom stereocenters. The highest BCUT2D eigenvalue weighted by atomic mass is 16.6. The summed E-state index contributed by atoms with van der Waals surface area (Å²) >= 11 is 0. The molecule has 0 saturated carbocycles. The Morgan fingerprint density at radius 2 is 1.38 bits per heavy atom. The monoisotopic (exact) mass is 528 g/mol. The van der Waals surface area contributed by atoms with Crippen LogP contribution in [0.2, 0.25) is 0 Å². The number of aliphatic hydroxyl groups is 8. The van der Waals surface area contributed by atoms with Gasteiger partial charge in [-0.15, -0.1) is 0 Å². The Hall–Kier alpha value is -3.72. The van der Waals surface area contributed by atoms with Gasteiger partial charge in [-0.1, -0.05) is 42.5 Å². The first kappa shape index (κ1) is 33.3. The van der Waals surface area contributed by atoms with Gasteiger partial charge in [0, 0.05) is 6.61 Å². The quantitative estimate of drug-likeness (QED) is 0.199. The van der Waals surface area contributed by atoms with E-state index in [1.807, 2.05) is 30.3 Å². The van der Waals surface area contributed by atoms with Crippen LogP contribution < -0.4 is 0 Å². The van der Waals surface area contributed by atoms with Crippen LogP contribution in [0.4, 0.5) is 0 Å². The third kappa shape index (κ3) is 12.7. The minimum absolute atomic E-state index is 0.0671. The normalized spacial score (nSPS) is 14.8. The number of rotatable bonds is 7. The number of ether oxygens (including phenoxy) is 1. The van der Waals surface area contributed by atoms with E-state index >= 15 is 0 Å². The molecular weight excluding hydrogens is 496 g/mol. The lowest BCUT2D eigenvalue weighted by Gasteiger charge is -2.13. The van der Waals surface area contributed by atoms with Gasteiger partial charge in [0.15, 0.2) is 11.9 Å². The largest absolute Gasteiger partial charge is 0.507 e. The Kier molecular flexibility index (Phi) is 16.7. The molecule has 3 rings (SSSR count). The van der Waals surface area contributed by atoms with Gasteiger partial charge >= 0.3 is 11.9 Å². The number of cyclic esters (lactones) is 1. The van der Waals surface area contributed by atoms with Crippen molar-refractivity contribution in [3.8, 4) is 5.75 Å². The van der Waals surface area contributed by atoms with Gasteiger partial charge in [-0.2, -0.15) is 0 Å². The number of carboxylic acids is 1. The van der Waals surface area contributed by atoms with Crippen molar-refractivity contribution >= 4 is 11.9 Å². The molecule has 0 aliphatic carbocycles. The van der Waals surface area contributed by atoms with E-state index in [0.29, 0.717) is 0 Å². The molecule has 0 bridgehead atoms. The Labute approximate surface area is 212 Å². The highest BCUT2D eigenvalue weighted by Crippen LogP contribution is 2.20. The average Bonchev–Trinajstić information content (AvgIpc) is 3.17. The molecule has 10 N–H and O–H groups in total. The second kappa shape index (κ2) is 18.5. The van der Waals surface area contributed by atoms with Gasteiger partial charge in [0.05, 0.1) is 19.8 Å².